The summed E-state index contributed by atoms with van der Waals surface area (Å²) in [4.78, 5) is 16.0. The van der Waals surface area contributed by atoms with Crippen LogP contribution in [-0.2, 0) is 18.3 Å². The first-order valence-electron chi connectivity index (χ1n) is 6.71. The van der Waals surface area contributed by atoms with E-state index < -0.39 is 0 Å². The van der Waals surface area contributed by atoms with E-state index in [9.17, 15) is 4.79 Å². The van der Waals surface area contributed by atoms with Crippen LogP contribution in [0.15, 0.2) is 24.5 Å². The van der Waals surface area contributed by atoms with Crippen molar-refractivity contribution in [3.8, 4) is 11.4 Å². The molecule has 0 saturated carbocycles. The van der Waals surface area contributed by atoms with E-state index in [1.54, 1.807) is 12.4 Å². The fraction of sp³-hybridized carbons (Fsp3) is 0.467. The molecule has 5 nitrogen and oxygen atoms in total. The molecule has 2 rings (SSSR count). The van der Waals surface area contributed by atoms with Crippen LogP contribution in [0.1, 0.15) is 33.0 Å². The molecule has 106 valence electrons. The van der Waals surface area contributed by atoms with Crippen molar-refractivity contribution >= 4 is 5.78 Å². The van der Waals surface area contributed by atoms with Crippen molar-refractivity contribution in [3.05, 3.63) is 30.4 Å². The Balaban J connectivity index is 2.12. The Morgan fingerprint density at radius 2 is 2.05 bits per heavy atom. The summed E-state index contributed by atoms with van der Waals surface area (Å²) in [5, 5.41) is 8.37. The molecule has 0 aliphatic heterocycles. The lowest BCUT2D eigenvalue weighted by Crippen LogP contribution is -2.20. The van der Waals surface area contributed by atoms with Gasteiger partial charge in [-0.25, -0.2) is 0 Å². The number of hydrogen-bond donors (Lipinski definition) is 0. The Bertz CT molecular complexity index is 596. The standard InChI is InChI=1S/C15H20N4O/c1-15(2,3)12(20)7-8-13-17-18-14(19(13)4)11-6-5-9-16-10-11/h5-6,9-10H,7-8H2,1-4H3. The highest BCUT2D eigenvalue weighted by Gasteiger charge is 2.21. The highest BCUT2D eigenvalue weighted by Crippen LogP contribution is 2.20. The molecule has 20 heavy (non-hydrogen) atoms. The van der Waals surface area contributed by atoms with Gasteiger partial charge in [0.15, 0.2) is 5.82 Å². The van der Waals surface area contributed by atoms with Crippen LogP contribution in [0, 0.1) is 5.41 Å². The van der Waals surface area contributed by atoms with E-state index in [2.05, 4.69) is 15.2 Å². The Hall–Kier alpha value is -2.04. The largest absolute Gasteiger partial charge is 0.314 e. The average molecular weight is 272 g/mol. The SMILES string of the molecule is Cn1c(CCC(=O)C(C)(C)C)nnc1-c1cccnc1. The number of carbonyl (C=O) groups is 1. The third-order valence-corrected chi connectivity index (χ3v) is 3.30. The number of pyridine rings is 1. The molecule has 0 spiro atoms. The number of hydrogen-bond acceptors (Lipinski definition) is 4. The number of Topliss-reactive ketones (excluding diaryl/α,β-unsaturated/α-hetero) is 1. The fourth-order valence-corrected chi connectivity index (χ4v) is 1.93. The summed E-state index contributed by atoms with van der Waals surface area (Å²) in [6, 6.07) is 3.81. The molecule has 0 N–H and O–H groups in total. The first kappa shape index (κ1) is 14.4. The first-order chi connectivity index (χ1) is 9.39. The predicted octanol–water partition coefficient (Wildman–Crippen LogP) is 2.42. The summed E-state index contributed by atoms with van der Waals surface area (Å²) in [7, 11) is 1.92. The number of ketones is 1. The van der Waals surface area contributed by atoms with Gasteiger partial charge >= 0.3 is 0 Å². The number of aryl methyl sites for hydroxylation is 1. The summed E-state index contributed by atoms with van der Waals surface area (Å²) < 4.78 is 1.92. The van der Waals surface area contributed by atoms with Crippen LogP contribution >= 0.6 is 0 Å². The molecule has 2 heterocycles. The van der Waals surface area contributed by atoms with Gasteiger partial charge in [0.2, 0.25) is 0 Å². The molecule has 2 aromatic heterocycles. The summed E-state index contributed by atoms with van der Waals surface area (Å²) >= 11 is 0. The van der Waals surface area contributed by atoms with E-state index in [0.29, 0.717) is 12.8 Å². The number of rotatable bonds is 4. The van der Waals surface area contributed by atoms with Gasteiger partial charge in [-0.1, -0.05) is 20.8 Å². The Labute approximate surface area is 119 Å². The van der Waals surface area contributed by atoms with Gasteiger partial charge in [0, 0.05) is 43.3 Å². The molecule has 0 amide bonds. The van der Waals surface area contributed by atoms with Crippen LogP contribution in [0.2, 0.25) is 0 Å². The lowest BCUT2D eigenvalue weighted by Gasteiger charge is -2.15. The zero-order valence-electron chi connectivity index (χ0n) is 12.4. The minimum Gasteiger partial charge on any atom is -0.314 e. The highest BCUT2D eigenvalue weighted by molar-refractivity contribution is 5.83. The van der Waals surface area contributed by atoms with Crippen LogP contribution in [0.4, 0.5) is 0 Å². The summed E-state index contributed by atoms with van der Waals surface area (Å²) in [5.74, 6) is 1.83. The molecule has 0 saturated heterocycles. The minimum absolute atomic E-state index is 0.239. The van der Waals surface area contributed by atoms with E-state index in [-0.39, 0.29) is 11.2 Å². The maximum atomic E-state index is 12.0. The molecule has 2 aromatic rings. The van der Waals surface area contributed by atoms with Crippen LogP contribution in [0.25, 0.3) is 11.4 Å². The van der Waals surface area contributed by atoms with Gasteiger partial charge in [0.05, 0.1) is 0 Å². The van der Waals surface area contributed by atoms with Crippen LogP contribution in [0.5, 0.6) is 0 Å². The van der Waals surface area contributed by atoms with E-state index >= 15 is 0 Å². The van der Waals surface area contributed by atoms with Gasteiger partial charge < -0.3 is 4.57 Å². The van der Waals surface area contributed by atoms with Crippen molar-refractivity contribution < 1.29 is 4.79 Å². The van der Waals surface area contributed by atoms with Crippen LogP contribution in [0.3, 0.4) is 0 Å². The topological polar surface area (TPSA) is 60.7 Å². The zero-order chi connectivity index (χ0) is 14.8. The van der Waals surface area contributed by atoms with Crippen LogP contribution < -0.4 is 0 Å². The summed E-state index contributed by atoms with van der Waals surface area (Å²) in [6.45, 7) is 5.81. The average Bonchev–Trinajstić information content (AvgIpc) is 2.77. The molecule has 0 radical (unpaired) electrons. The Kier molecular flexibility index (Phi) is 3.97. The smallest absolute Gasteiger partial charge is 0.165 e. The third-order valence-electron chi connectivity index (χ3n) is 3.30. The van der Waals surface area contributed by atoms with Gasteiger partial charge in [0.1, 0.15) is 11.6 Å². The first-order valence-corrected chi connectivity index (χ1v) is 6.71. The molecule has 0 aliphatic rings. The quantitative estimate of drug-likeness (QED) is 0.857. The van der Waals surface area contributed by atoms with Gasteiger partial charge in [-0.05, 0) is 12.1 Å². The maximum Gasteiger partial charge on any atom is 0.165 e. The summed E-state index contributed by atoms with van der Waals surface area (Å²) in [6.07, 6.45) is 4.58. The fourth-order valence-electron chi connectivity index (χ4n) is 1.93. The number of carbonyl (C=O) groups excluding carboxylic acids is 1. The Morgan fingerprint density at radius 1 is 1.30 bits per heavy atom. The molecule has 0 aliphatic carbocycles. The maximum absolute atomic E-state index is 12.0. The normalized spacial score (nSPS) is 11.6. The molecular formula is C15H20N4O. The van der Waals surface area contributed by atoms with Crippen molar-refractivity contribution in [3.63, 3.8) is 0 Å². The highest BCUT2D eigenvalue weighted by atomic mass is 16.1. The van der Waals surface area contributed by atoms with Crippen molar-refractivity contribution in [1.29, 1.82) is 0 Å². The molecular weight excluding hydrogens is 252 g/mol. The van der Waals surface area contributed by atoms with E-state index in [4.69, 9.17) is 0 Å². The lowest BCUT2D eigenvalue weighted by atomic mass is 9.88. The predicted molar refractivity (Wildman–Crippen MR) is 77.0 cm³/mol. The summed E-state index contributed by atoms with van der Waals surface area (Å²) in [5.41, 5.74) is 0.626. The molecule has 0 aromatic carbocycles. The zero-order valence-corrected chi connectivity index (χ0v) is 12.4. The van der Waals surface area contributed by atoms with E-state index in [1.165, 1.54) is 0 Å². The molecule has 0 bridgehead atoms. The molecule has 0 fully saturated rings. The van der Waals surface area contributed by atoms with E-state index in [0.717, 1.165) is 17.2 Å². The Morgan fingerprint density at radius 3 is 2.65 bits per heavy atom. The minimum atomic E-state index is -0.301. The van der Waals surface area contributed by atoms with Crippen molar-refractivity contribution in [2.45, 2.75) is 33.6 Å². The van der Waals surface area contributed by atoms with Gasteiger partial charge in [0.25, 0.3) is 0 Å². The molecule has 0 unspecified atom stereocenters. The second kappa shape index (κ2) is 5.53. The van der Waals surface area contributed by atoms with Gasteiger partial charge in [-0.2, -0.15) is 0 Å². The monoisotopic (exact) mass is 272 g/mol. The van der Waals surface area contributed by atoms with E-state index in [1.807, 2.05) is 44.5 Å². The lowest BCUT2D eigenvalue weighted by molar-refractivity contribution is -0.126. The third kappa shape index (κ3) is 3.10. The second-order valence-electron chi connectivity index (χ2n) is 5.91. The van der Waals surface area contributed by atoms with Crippen molar-refractivity contribution in [1.82, 2.24) is 19.7 Å². The van der Waals surface area contributed by atoms with Crippen molar-refractivity contribution in [2.75, 3.05) is 0 Å². The van der Waals surface area contributed by atoms with Crippen molar-refractivity contribution in [2.24, 2.45) is 12.5 Å². The number of aromatic nitrogens is 4. The van der Waals surface area contributed by atoms with Gasteiger partial charge in [-0.3, -0.25) is 9.78 Å². The molecule has 0 atom stereocenters. The van der Waals surface area contributed by atoms with Gasteiger partial charge in [-0.15, -0.1) is 10.2 Å². The second-order valence-corrected chi connectivity index (χ2v) is 5.91. The molecule has 5 heteroatoms. The van der Waals surface area contributed by atoms with Crippen LogP contribution in [-0.4, -0.2) is 25.5 Å². The number of nitrogens with zero attached hydrogens (tertiary/aromatic N) is 4.